The van der Waals surface area contributed by atoms with Crippen LogP contribution >= 0.6 is 0 Å². The van der Waals surface area contributed by atoms with Gasteiger partial charge in [-0.2, -0.15) is 20.1 Å². The smallest absolute Gasteiger partial charge is 0.194 e. The first-order chi connectivity index (χ1) is 6.59. The van der Waals surface area contributed by atoms with Gasteiger partial charge >= 0.3 is 0 Å². The highest BCUT2D eigenvalue weighted by Gasteiger charge is 2.17. The van der Waals surface area contributed by atoms with Crippen molar-refractivity contribution in [1.82, 2.24) is 24.8 Å². The number of aromatic nitrogens is 5. The quantitative estimate of drug-likeness (QED) is 0.693. The Morgan fingerprint density at radius 2 is 2.07 bits per heavy atom. The van der Waals surface area contributed by atoms with Gasteiger partial charge in [-0.15, -0.1) is 0 Å². The van der Waals surface area contributed by atoms with Crippen molar-refractivity contribution < 1.29 is 4.39 Å². The van der Waals surface area contributed by atoms with Gasteiger partial charge in [-0.1, -0.05) is 0 Å². The van der Waals surface area contributed by atoms with Gasteiger partial charge in [0.15, 0.2) is 17.3 Å². The molecule has 0 aromatic carbocycles. The summed E-state index contributed by atoms with van der Waals surface area (Å²) in [6.45, 7) is 0. The van der Waals surface area contributed by atoms with E-state index in [1.54, 1.807) is 14.1 Å². The number of nitrogens with two attached hydrogens (primary N) is 1. The van der Waals surface area contributed by atoms with Crippen molar-refractivity contribution in [1.29, 1.82) is 0 Å². The third-order valence-corrected chi connectivity index (χ3v) is 1.87. The molecular weight excluding hydrogens is 187 g/mol. The average Bonchev–Trinajstić information content (AvgIpc) is 2.66. The van der Waals surface area contributed by atoms with E-state index < -0.39 is 5.82 Å². The molecule has 0 atom stereocenters. The molecule has 0 bridgehead atoms. The number of rotatable bonds is 1. The first-order valence-corrected chi connectivity index (χ1v) is 3.94. The summed E-state index contributed by atoms with van der Waals surface area (Å²) in [6.07, 6.45) is 1.44. The predicted molar refractivity (Wildman–Crippen MR) is 47.6 cm³/mol. The molecule has 0 saturated carbocycles. The molecule has 2 rings (SSSR count). The van der Waals surface area contributed by atoms with E-state index in [-0.39, 0.29) is 11.5 Å². The van der Waals surface area contributed by atoms with Crippen LogP contribution in [0.4, 0.5) is 10.2 Å². The molecule has 0 aliphatic carbocycles. The van der Waals surface area contributed by atoms with Crippen molar-refractivity contribution in [3.63, 3.8) is 0 Å². The summed E-state index contributed by atoms with van der Waals surface area (Å²) in [5, 5.41) is 11.6. The molecule has 0 aliphatic heterocycles. The lowest BCUT2D eigenvalue weighted by molar-refractivity contribution is 0.630. The summed E-state index contributed by atoms with van der Waals surface area (Å²) in [5.41, 5.74) is 5.91. The maximum absolute atomic E-state index is 13.4. The highest BCUT2D eigenvalue weighted by Crippen LogP contribution is 2.22. The maximum atomic E-state index is 13.4. The van der Waals surface area contributed by atoms with Crippen molar-refractivity contribution in [3.8, 4) is 11.4 Å². The van der Waals surface area contributed by atoms with E-state index in [0.717, 1.165) is 0 Å². The molecule has 0 aliphatic rings. The largest absolute Gasteiger partial charge is 0.381 e. The van der Waals surface area contributed by atoms with Crippen LogP contribution in [0.25, 0.3) is 11.4 Å². The second kappa shape index (κ2) is 2.79. The predicted octanol–water partition coefficient (Wildman–Crippen LogP) is -0.0631. The van der Waals surface area contributed by atoms with E-state index in [1.165, 1.54) is 15.7 Å². The Balaban J connectivity index is 2.57. The molecule has 2 heterocycles. The molecule has 2 aromatic rings. The van der Waals surface area contributed by atoms with Gasteiger partial charge < -0.3 is 5.73 Å². The number of nitrogens with zero attached hydrogens (tertiary/aromatic N) is 5. The van der Waals surface area contributed by atoms with Crippen molar-refractivity contribution in [2.75, 3.05) is 5.73 Å². The van der Waals surface area contributed by atoms with Gasteiger partial charge in [-0.3, -0.25) is 0 Å². The van der Waals surface area contributed by atoms with Crippen LogP contribution in [0.1, 0.15) is 0 Å². The van der Waals surface area contributed by atoms with Gasteiger partial charge in [-0.25, -0.2) is 9.07 Å². The summed E-state index contributed by atoms with van der Waals surface area (Å²) in [7, 11) is 3.21. The second-order valence-electron chi connectivity index (χ2n) is 2.89. The first-order valence-electron chi connectivity index (χ1n) is 3.94. The Kier molecular flexibility index (Phi) is 1.73. The van der Waals surface area contributed by atoms with Gasteiger partial charge in [0.25, 0.3) is 0 Å². The van der Waals surface area contributed by atoms with Crippen LogP contribution in [0, 0.1) is 5.82 Å². The fourth-order valence-electron chi connectivity index (χ4n) is 1.13. The number of halogens is 1. The summed E-state index contributed by atoms with van der Waals surface area (Å²) in [5.74, 6) is -0.571. The SMILES string of the molecule is Cn1ncc(-c2nn(C)c(N)c2F)n1. The van der Waals surface area contributed by atoms with Crippen molar-refractivity contribution in [3.05, 3.63) is 12.0 Å². The summed E-state index contributed by atoms with van der Waals surface area (Å²) < 4.78 is 14.7. The van der Waals surface area contributed by atoms with Gasteiger partial charge in [0.2, 0.25) is 0 Å². The van der Waals surface area contributed by atoms with E-state index in [4.69, 9.17) is 5.73 Å². The zero-order valence-corrected chi connectivity index (χ0v) is 7.77. The molecule has 0 radical (unpaired) electrons. The lowest BCUT2D eigenvalue weighted by Crippen LogP contribution is -1.97. The minimum atomic E-state index is -0.562. The fourth-order valence-corrected chi connectivity index (χ4v) is 1.13. The van der Waals surface area contributed by atoms with Crippen LogP contribution in [0.3, 0.4) is 0 Å². The summed E-state index contributed by atoms with van der Waals surface area (Å²) in [6, 6.07) is 0. The number of aryl methyl sites for hydroxylation is 2. The lowest BCUT2D eigenvalue weighted by Gasteiger charge is -1.88. The normalized spacial score (nSPS) is 10.8. The first kappa shape index (κ1) is 8.67. The van der Waals surface area contributed by atoms with Crippen molar-refractivity contribution >= 4 is 5.82 Å². The summed E-state index contributed by atoms with van der Waals surface area (Å²) >= 11 is 0. The third-order valence-electron chi connectivity index (χ3n) is 1.87. The van der Waals surface area contributed by atoms with Crippen LogP contribution < -0.4 is 5.73 Å². The minimum Gasteiger partial charge on any atom is -0.381 e. The molecule has 0 spiro atoms. The van der Waals surface area contributed by atoms with Gasteiger partial charge in [0.05, 0.1) is 6.20 Å². The molecule has 7 heteroatoms. The van der Waals surface area contributed by atoms with Gasteiger partial charge in [-0.05, 0) is 0 Å². The van der Waals surface area contributed by atoms with Gasteiger partial charge in [0.1, 0.15) is 5.69 Å². The zero-order chi connectivity index (χ0) is 10.3. The molecule has 2 N–H and O–H groups in total. The number of nitrogen functional groups attached to an aromatic ring is 1. The summed E-state index contributed by atoms with van der Waals surface area (Å²) in [4.78, 5) is 1.33. The maximum Gasteiger partial charge on any atom is 0.194 e. The molecule has 0 fully saturated rings. The van der Waals surface area contributed by atoms with Crippen LogP contribution in [0.15, 0.2) is 6.20 Å². The Bertz CT molecular complexity index is 470. The fraction of sp³-hybridized carbons (Fsp3) is 0.286. The average molecular weight is 196 g/mol. The highest BCUT2D eigenvalue weighted by atomic mass is 19.1. The number of hydrogen-bond acceptors (Lipinski definition) is 4. The lowest BCUT2D eigenvalue weighted by atomic mass is 10.3. The zero-order valence-electron chi connectivity index (χ0n) is 7.77. The van der Waals surface area contributed by atoms with Crippen LogP contribution in [-0.4, -0.2) is 24.8 Å². The van der Waals surface area contributed by atoms with Crippen molar-refractivity contribution in [2.45, 2.75) is 0 Å². The van der Waals surface area contributed by atoms with Crippen molar-refractivity contribution in [2.24, 2.45) is 14.1 Å². The molecule has 6 nitrogen and oxygen atoms in total. The van der Waals surface area contributed by atoms with E-state index in [9.17, 15) is 4.39 Å². The van der Waals surface area contributed by atoms with Crippen LogP contribution in [0.5, 0.6) is 0 Å². The van der Waals surface area contributed by atoms with E-state index >= 15 is 0 Å². The van der Waals surface area contributed by atoms with Crippen LogP contribution in [0.2, 0.25) is 0 Å². The standard InChI is InChI=1S/C7H9FN6/c1-13-7(9)5(8)6(12-13)4-3-10-14(2)11-4/h3H,9H2,1-2H3. The Hall–Kier alpha value is -1.92. The monoisotopic (exact) mass is 196 g/mol. The second-order valence-corrected chi connectivity index (χ2v) is 2.89. The Morgan fingerprint density at radius 3 is 2.50 bits per heavy atom. The van der Waals surface area contributed by atoms with E-state index in [2.05, 4.69) is 15.3 Å². The minimum absolute atomic E-state index is 0.00865. The third kappa shape index (κ3) is 1.13. The molecule has 0 saturated heterocycles. The number of anilines is 1. The van der Waals surface area contributed by atoms with E-state index in [0.29, 0.717) is 5.69 Å². The van der Waals surface area contributed by atoms with Crippen LogP contribution in [-0.2, 0) is 14.1 Å². The molecular formula is C7H9FN6. The van der Waals surface area contributed by atoms with Gasteiger partial charge in [0, 0.05) is 14.1 Å². The highest BCUT2D eigenvalue weighted by molar-refractivity contribution is 5.58. The molecule has 0 unspecified atom stereocenters. The molecule has 2 aromatic heterocycles. The topological polar surface area (TPSA) is 74.5 Å². The Labute approximate surface area is 79.1 Å². The Morgan fingerprint density at radius 1 is 1.36 bits per heavy atom. The number of hydrogen-bond donors (Lipinski definition) is 1. The molecule has 74 valence electrons. The molecule has 0 amide bonds. The molecule has 14 heavy (non-hydrogen) atoms. The van der Waals surface area contributed by atoms with E-state index in [1.807, 2.05) is 0 Å².